The Kier molecular flexibility index (Phi) is 5.57. The van der Waals surface area contributed by atoms with E-state index in [1.165, 1.54) is 10.7 Å². The summed E-state index contributed by atoms with van der Waals surface area (Å²) in [5.41, 5.74) is 0.546. The van der Waals surface area contributed by atoms with Crippen molar-refractivity contribution < 1.29 is 9.53 Å². The van der Waals surface area contributed by atoms with Gasteiger partial charge in [0.15, 0.2) is 0 Å². The van der Waals surface area contributed by atoms with E-state index in [1.807, 2.05) is 4.90 Å². The number of ether oxygens (including phenoxy) is 1. The Balaban J connectivity index is 1.71. The van der Waals surface area contributed by atoms with E-state index in [1.54, 1.807) is 18.4 Å². The molecule has 6 heteroatoms. The van der Waals surface area contributed by atoms with Crippen LogP contribution in [0.15, 0.2) is 5.38 Å². The number of nitrogens with zero attached hydrogens (tertiary/aromatic N) is 2. The first kappa shape index (κ1) is 17.8. The molecular formula is C18H29N3O2S. The molecule has 1 unspecified atom stereocenters. The van der Waals surface area contributed by atoms with Crippen LogP contribution in [0.1, 0.15) is 62.1 Å². The molecule has 0 radical (unpaired) electrons. The van der Waals surface area contributed by atoms with E-state index in [-0.39, 0.29) is 5.91 Å². The summed E-state index contributed by atoms with van der Waals surface area (Å²) in [7, 11) is 1.68. The van der Waals surface area contributed by atoms with Gasteiger partial charge < -0.3 is 15.0 Å². The third-order valence-electron chi connectivity index (χ3n) is 5.38. The van der Waals surface area contributed by atoms with Crippen LogP contribution in [0.3, 0.4) is 0 Å². The van der Waals surface area contributed by atoms with E-state index >= 15 is 0 Å². The van der Waals surface area contributed by atoms with Gasteiger partial charge in [0.05, 0.1) is 10.7 Å². The number of methoxy groups -OCH3 is 1. The molecule has 1 atom stereocenters. The van der Waals surface area contributed by atoms with Gasteiger partial charge in [-0.15, -0.1) is 11.3 Å². The van der Waals surface area contributed by atoms with Crippen molar-refractivity contribution in [2.75, 3.05) is 33.3 Å². The van der Waals surface area contributed by atoms with Crippen LogP contribution in [0, 0.1) is 0 Å². The van der Waals surface area contributed by atoms with E-state index in [0.29, 0.717) is 11.8 Å². The van der Waals surface area contributed by atoms with Gasteiger partial charge in [-0.3, -0.25) is 4.79 Å². The number of rotatable bonds is 4. The van der Waals surface area contributed by atoms with Crippen molar-refractivity contribution in [1.82, 2.24) is 15.2 Å². The van der Waals surface area contributed by atoms with Crippen LogP contribution in [0.4, 0.5) is 0 Å². The normalized spacial score (nSPS) is 24.3. The lowest BCUT2D eigenvalue weighted by Gasteiger charge is -2.41. The van der Waals surface area contributed by atoms with Gasteiger partial charge in [-0.2, -0.15) is 0 Å². The molecule has 24 heavy (non-hydrogen) atoms. The Hall–Kier alpha value is -0.980. The number of hydrogen-bond acceptors (Lipinski definition) is 5. The fourth-order valence-electron chi connectivity index (χ4n) is 3.74. The smallest absolute Gasteiger partial charge is 0.254 e. The molecule has 3 heterocycles. The summed E-state index contributed by atoms with van der Waals surface area (Å²) in [6.45, 7) is 7.67. The van der Waals surface area contributed by atoms with Crippen molar-refractivity contribution in [1.29, 1.82) is 0 Å². The highest BCUT2D eigenvalue weighted by molar-refractivity contribution is 7.09. The lowest BCUT2D eigenvalue weighted by Crippen LogP contribution is -2.56. The number of hydrogen-bond donors (Lipinski definition) is 1. The Morgan fingerprint density at radius 2 is 2.21 bits per heavy atom. The highest BCUT2D eigenvalue weighted by Gasteiger charge is 2.43. The second-order valence-corrected chi connectivity index (χ2v) is 8.19. The number of amides is 1. The largest absolute Gasteiger partial charge is 0.368 e. The van der Waals surface area contributed by atoms with Crippen molar-refractivity contribution in [3.63, 3.8) is 0 Å². The minimum atomic E-state index is -0.626. The summed E-state index contributed by atoms with van der Waals surface area (Å²) in [6.07, 6.45) is 3.69. The van der Waals surface area contributed by atoms with Crippen LogP contribution < -0.4 is 5.32 Å². The average molecular weight is 352 g/mol. The first-order valence-corrected chi connectivity index (χ1v) is 9.94. The number of piperidine rings is 2. The van der Waals surface area contributed by atoms with Crippen LogP contribution in [0.25, 0.3) is 0 Å². The lowest BCUT2D eigenvalue weighted by molar-refractivity contribution is -0.159. The van der Waals surface area contributed by atoms with Crippen molar-refractivity contribution in [2.24, 2.45) is 0 Å². The first-order valence-electron chi connectivity index (χ1n) is 9.06. The van der Waals surface area contributed by atoms with Gasteiger partial charge in [0.1, 0.15) is 5.60 Å². The summed E-state index contributed by atoms with van der Waals surface area (Å²) >= 11 is 1.75. The quantitative estimate of drug-likeness (QED) is 0.906. The lowest BCUT2D eigenvalue weighted by atomic mass is 9.88. The third-order valence-corrected chi connectivity index (χ3v) is 6.41. The predicted octanol–water partition coefficient (Wildman–Crippen LogP) is 2.74. The molecule has 2 saturated heterocycles. The molecule has 134 valence electrons. The van der Waals surface area contributed by atoms with Gasteiger partial charge in [0, 0.05) is 31.5 Å². The van der Waals surface area contributed by atoms with Gasteiger partial charge in [-0.25, -0.2) is 4.98 Å². The van der Waals surface area contributed by atoms with Crippen molar-refractivity contribution in [2.45, 2.75) is 57.0 Å². The summed E-state index contributed by atoms with van der Waals surface area (Å²) in [5.74, 6) is 1.01. The minimum absolute atomic E-state index is 0.178. The zero-order chi connectivity index (χ0) is 17.2. The highest BCUT2D eigenvalue weighted by atomic mass is 32.1. The third kappa shape index (κ3) is 3.51. The molecule has 0 bridgehead atoms. The van der Waals surface area contributed by atoms with Crippen LogP contribution in [0.5, 0.6) is 0 Å². The standard InChI is InChI=1S/C18H29N3O2S/c1-13(2)15-12-24-16(20-15)14-5-4-10-21(11-14)17(22)18(23-3)6-8-19-9-7-18/h12-14,19H,4-11H2,1-3H3. The average Bonchev–Trinajstić information content (AvgIpc) is 3.12. The second-order valence-electron chi connectivity index (χ2n) is 7.30. The van der Waals surface area contributed by atoms with Gasteiger partial charge in [0.2, 0.25) is 0 Å². The van der Waals surface area contributed by atoms with Gasteiger partial charge in [0.25, 0.3) is 5.91 Å². The molecule has 0 saturated carbocycles. The maximum Gasteiger partial charge on any atom is 0.254 e. The van der Waals surface area contributed by atoms with Crippen LogP contribution in [-0.4, -0.2) is 54.7 Å². The van der Waals surface area contributed by atoms with E-state index in [2.05, 4.69) is 24.5 Å². The van der Waals surface area contributed by atoms with Crippen molar-refractivity contribution in [3.05, 3.63) is 16.1 Å². The number of nitrogens with one attached hydrogen (secondary N) is 1. The Labute approximate surface area is 148 Å². The van der Waals surface area contributed by atoms with Gasteiger partial charge in [-0.05, 0) is 44.7 Å². The maximum absolute atomic E-state index is 13.2. The fourth-order valence-corrected chi connectivity index (χ4v) is 4.85. The van der Waals surface area contributed by atoms with E-state index in [4.69, 9.17) is 9.72 Å². The summed E-state index contributed by atoms with van der Waals surface area (Å²) in [4.78, 5) is 20.0. The zero-order valence-electron chi connectivity index (χ0n) is 15.0. The van der Waals surface area contributed by atoms with Crippen molar-refractivity contribution in [3.8, 4) is 0 Å². The molecule has 1 N–H and O–H groups in total. The summed E-state index contributed by atoms with van der Waals surface area (Å²) < 4.78 is 5.73. The minimum Gasteiger partial charge on any atom is -0.368 e. The summed E-state index contributed by atoms with van der Waals surface area (Å²) in [5, 5.41) is 6.68. The molecule has 0 aliphatic carbocycles. The number of likely N-dealkylation sites (tertiary alicyclic amines) is 1. The number of aromatic nitrogens is 1. The Morgan fingerprint density at radius 1 is 1.46 bits per heavy atom. The molecule has 3 rings (SSSR count). The Morgan fingerprint density at radius 3 is 2.83 bits per heavy atom. The summed E-state index contributed by atoms with van der Waals surface area (Å²) in [6, 6.07) is 0. The van der Waals surface area contributed by atoms with Gasteiger partial charge in [-0.1, -0.05) is 13.8 Å². The number of carbonyl (C=O) groups is 1. The SMILES string of the molecule is COC1(C(=O)N2CCCC(c3nc(C(C)C)cs3)C2)CCNCC1. The number of thiazole rings is 1. The monoisotopic (exact) mass is 351 g/mol. The molecule has 2 fully saturated rings. The fraction of sp³-hybridized carbons (Fsp3) is 0.778. The van der Waals surface area contributed by atoms with Crippen LogP contribution in [-0.2, 0) is 9.53 Å². The predicted molar refractivity (Wildman–Crippen MR) is 96.6 cm³/mol. The first-order chi connectivity index (χ1) is 11.6. The van der Waals surface area contributed by atoms with E-state index in [0.717, 1.165) is 51.9 Å². The molecule has 2 aliphatic heterocycles. The van der Waals surface area contributed by atoms with Crippen LogP contribution in [0.2, 0.25) is 0 Å². The zero-order valence-corrected chi connectivity index (χ0v) is 15.8. The number of carbonyl (C=O) groups excluding carboxylic acids is 1. The van der Waals surface area contributed by atoms with E-state index < -0.39 is 5.60 Å². The highest BCUT2D eigenvalue weighted by Crippen LogP contribution is 2.33. The molecule has 2 aliphatic rings. The molecule has 0 aromatic carbocycles. The molecule has 1 aromatic heterocycles. The molecule has 0 spiro atoms. The van der Waals surface area contributed by atoms with Crippen LogP contribution >= 0.6 is 11.3 Å². The van der Waals surface area contributed by atoms with Gasteiger partial charge >= 0.3 is 0 Å². The molecule has 1 amide bonds. The van der Waals surface area contributed by atoms with Crippen molar-refractivity contribution >= 4 is 17.2 Å². The molecular weight excluding hydrogens is 322 g/mol. The maximum atomic E-state index is 13.2. The molecule has 5 nitrogen and oxygen atoms in total. The van der Waals surface area contributed by atoms with E-state index in [9.17, 15) is 4.79 Å². The second kappa shape index (κ2) is 7.50. The topological polar surface area (TPSA) is 54.5 Å². The molecule has 1 aromatic rings. The Bertz CT molecular complexity index is 566.